The first-order chi connectivity index (χ1) is 9.24. The first-order valence-electron chi connectivity index (χ1n) is 5.90. The maximum absolute atomic E-state index is 10.9. The molecule has 0 spiro atoms. The summed E-state index contributed by atoms with van der Waals surface area (Å²) in [6, 6.07) is 11.5. The quantitative estimate of drug-likeness (QED) is 0.761. The van der Waals surface area contributed by atoms with Gasteiger partial charge in [-0.3, -0.25) is 9.36 Å². The number of nitrogens with one attached hydrogen (secondary N) is 1. The normalized spacial score (nSPS) is 10.6. The van der Waals surface area contributed by atoms with Crippen molar-refractivity contribution in [3.63, 3.8) is 0 Å². The van der Waals surface area contributed by atoms with Gasteiger partial charge >= 0.3 is 0 Å². The second kappa shape index (κ2) is 4.53. The van der Waals surface area contributed by atoms with Crippen LogP contribution >= 0.6 is 0 Å². The number of hydrogen-bond acceptors (Lipinski definition) is 3. The summed E-state index contributed by atoms with van der Waals surface area (Å²) in [5.74, 6) is 0.658. The third kappa shape index (κ3) is 2.18. The number of carbonyl (C=O) groups is 1. The zero-order valence-electron chi connectivity index (χ0n) is 10.4. The first-order valence-corrected chi connectivity index (χ1v) is 5.90. The van der Waals surface area contributed by atoms with Gasteiger partial charge in [-0.2, -0.15) is 0 Å². The average molecular weight is 252 g/mol. The van der Waals surface area contributed by atoms with Crippen LogP contribution in [-0.2, 0) is 4.79 Å². The van der Waals surface area contributed by atoms with Crippen molar-refractivity contribution in [2.24, 2.45) is 0 Å². The molecule has 0 unspecified atom stereocenters. The Morgan fingerprint density at radius 2 is 2.00 bits per heavy atom. The van der Waals surface area contributed by atoms with Crippen LogP contribution in [0.4, 0.5) is 5.69 Å². The Bertz CT molecular complexity index is 731. The summed E-state index contributed by atoms with van der Waals surface area (Å²) in [4.78, 5) is 19.6. The molecule has 5 heteroatoms. The van der Waals surface area contributed by atoms with E-state index in [1.54, 1.807) is 12.5 Å². The molecule has 0 aliphatic rings. The Kier molecular flexibility index (Phi) is 2.72. The maximum Gasteiger partial charge on any atom is 0.221 e. The van der Waals surface area contributed by atoms with E-state index in [2.05, 4.69) is 15.3 Å². The van der Waals surface area contributed by atoms with Crippen molar-refractivity contribution in [3.8, 4) is 5.82 Å². The van der Waals surface area contributed by atoms with E-state index in [4.69, 9.17) is 0 Å². The zero-order chi connectivity index (χ0) is 13.2. The fraction of sp³-hybridized carbons (Fsp3) is 0.0714. The second-order valence-electron chi connectivity index (χ2n) is 4.19. The number of benzene rings is 1. The molecule has 1 amide bonds. The number of aromatic nitrogens is 3. The first kappa shape index (κ1) is 11.4. The number of amides is 1. The molecule has 2 heterocycles. The van der Waals surface area contributed by atoms with Gasteiger partial charge in [0.15, 0.2) is 0 Å². The van der Waals surface area contributed by atoms with Crippen molar-refractivity contribution >= 4 is 22.6 Å². The van der Waals surface area contributed by atoms with Crippen molar-refractivity contribution in [3.05, 3.63) is 48.9 Å². The summed E-state index contributed by atoms with van der Waals surface area (Å²) < 4.78 is 1.91. The molecule has 2 aromatic heterocycles. The predicted octanol–water partition coefficient (Wildman–Crippen LogP) is 2.38. The molecule has 94 valence electrons. The fourth-order valence-electron chi connectivity index (χ4n) is 1.95. The highest BCUT2D eigenvalue weighted by Crippen LogP contribution is 2.17. The van der Waals surface area contributed by atoms with E-state index in [9.17, 15) is 4.79 Å². The highest BCUT2D eigenvalue weighted by Gasteiger charge is 2.05. The van der Waals surface area contributed by atoms with Gasteiger partial charge in [0.05, 0.1) is 22.9 Å². The van der Waals surface area contributed by atoms with Gasteiger partial charge in [-0.25, -0.2) is 9.97 Å². The molecule has 0 aliphatic carbocycles. The topological polar surface area (TPSA) is 59.8 Å². The van der Waals surface area contributed by atoms with Crippen molar-refractivity contribution in [2.75, 3.05) is 5.32 Å². The molecule has 19 heavy (non-hydrogen) atoms. The molecular weight excluding hydrogens is 240 g/mol. The van der Waals surface area contributed by atoms with E-state index in [0.29, 0.717) is 5.69 Å². The number of rotatable bonds is 2. The fourth-order valence-corrected chi connectivity index (χ4v) is 1.95. The lowest BCUT2D eigenvalue weighted by molar-refractivity contribution is -0.114. The van der Waals surface area contributed by atoms with Gasteiger partial charge in [-0.15, -0.1) is 0 Å². The van der Waals surface area contributed by atoms with Crippen LogP contribution in [0.15, 0.2) is 48.9 Å². The average Bonchev–Trinajstić information content (AvgIpc) is 2.83. The summed E-state index contributed by atoms with van der Waals surface area (Å²) in [5, 5.41) is 2.69. The van der Waals surface area contributed by atoms with Crippen LogP contribution in [0.2, 0.25) is 0 Å². The van der Waals surface area contributed by atoms with E-state index in [1.165, 1.54) is 6.92 Å². The summed E-state index contributed by atoms with van der Waals surface area (Å²) in [5.41, 5.74) is 2.61. The van der Waals surface area contributed by atoms with E-state index >= 15 is 0 Å². The summed E-state index contributed by atoms with van der Waals surface area (Å²) in [7, 11) is 0. The van der Waals surface area contributed by atoms with Crippen LogP contribution in [0.25, 0.3) is 16.9 Å². The number of anilines is 1. The summed E-state index contributed by atoms with van der Waals surface area (Å²) >= 11 is 0. The Balaban J connectivity index is 2.00. The number of para-hydroxylation sites is 2. The van der Waals surface area contributed by atoms with Gasteiger partial charge in [0.2, 0.25) is 5.91 Å². The summed E-state index contributed by atoms with van der Waals surface area (Å²) in [6.45, 7) is 1.47. The third-order valence-electron chi connectivity index (χ3n) is 2.77. The van der Waals surface area contributed by atoms with Gasteiger partial charge in [0.25, 0.3) is 0 Å². The standard InChI is InChI=1S/C14H12N4O/c1-10(19)17-11-6-7-14(15-8-11)18-9-16-12-4-2-3-5-13(12)18/h2-9H,1H3,(H,17,19). The number of fused-ring (bicyclic) bond motifs is 1. The molecule has 0 fully saturated rings. The Morgan fingerprint density at radius 1 is 1.16 bits per heavy atom. The highest BCUT2D eigenvalue weighted by atomic mass is 16.1. The van der Waals surface area contributed by atoms with E-state index in [0.717, 1.165) is 16.9 Å². The molecule has 5 nitrogen and oxygen atoms in total. The molecule has 0 radical (unpaired) electrons. The van der Waals surface area contributed by atoms with Gasteiger partial charge in [0, 0.05) is 6.92 Å². The molecule has 3 rings (SSSR count). The van der Waals surface area contributed by atoms with E-state index in [1.807, 2.05) is 41.0 Å². The van der Waals surface area contributed by atoms with Crippen molar-refractivity contribution in [1.82, 2.24) is 14.5 Å². The number of pyridine rings is 1. The van der Waals surface area contributed by atoms with Crippen LogP contribution in [-0.4, -0.2) is 20.4 Å². The SMILES string of the molecule is CC(=O)Nc1ccc(-n2cnc3ccccc32)nc1. The smallest absolute Gasteiger partial charge is 0.221 e. The lowest BCUT2D eigenvalue weighted by Gasteiger charge is -2.05. The van der Waals surface area contributed by atoms with Gasteiger partial charge < -0.3 is 5.32 Å². The minimum absolute atomic E-state index is 0.109. The maximum atomic E-state index is 10.9. The van der Waals surface area contributed by atoms with Crippen molar-refractivity contribution in [2.45, 2.75) is 6.92 Å². The molecule has 3 aromatic rings. The molecule has 0 aliphatic heterocycles. The second-order valence-corrected chi connectivity index (χ2v) is 4.19. The van der Waals surface area contributed by atoms with Gasteiger partial charge in [-0.05, 0) is 24.3 Å². The molecule has 1 aromatic carbocycles. The number of hydrogen-bond donors (Lipinski definition) is 1. The highest BCUT2D eigenvalue weighted by molar-refractivity contribution is 5.88. The van der Waals surface area contributed by atoms with Gasteiger partial charge in [0.1, 0.15) is 12.1 Å². The minimum Gasteiger partial charge on any atom is -0.325 e. The minimum atomic E-state index is -0.109. The van der Waals surface area contributed by atoms with Crippen molar-refractivity contribution < 1.29 is 4.79 Å². The lowest BCUT2D eigenvalue weighted by Crippen LogP contribution is -2.06. The van der Waals surface area contributed by atoms with Crippen LogP contribution in [0.5, 0.6) is 0 Å². The molecule has 0 bridgehead atoms. The Morgan fingerprint density at radius 3 is 2.74 bits per heavy atom. The van der Waals surface area contributed by atoms with E-state index < -0.39 is 0 Å². The molecule has 0 atom stereocenters. The van der Waals surface area contributed by atoms with Crippen LogP contribution < -0.4 is 5.32 Å². The zero-order valence-corrected chi connectivity index (χ0v) is 10.4. The Labute approximate surface area is 109 Å². The van der Waals surface area contributed by atoms with Gasteiger partial charge in [-0.1, -0.05) is 12.1 Å². The largest absolute Gasteiger partial charge is 0.325 e. The number of nitrogens with zero attached hydrogens (tertiary/aromatic N) is 3. The lowest BCUT2D eigenvalue weighted by atomic mass is 10.3. The number of carbonyl (C=O) groups excluding carboxylic acids is 1. The van der Waals surface area contributed by atoms with Crippen molar-refractivity contribution in [1.29, 1.82) is 0 Å². The van der Waals surface area contributed by atoms with Crippen LogP contribution in [0.3, 0.4) is 0 Å². The summed E-state index contributed by atoms with van der Waals surface area (Å²) in [6.07, 6.45) is 3.37. The van der Waals surface area contributed by atoms with Crippen LogP contribution in [0, 0.1) is 0 Å². The molecule has 1 N–H and O–H groups in total. The monoisotopic (exact) mass is 252 g/mol. The molecular formula is C14H12N4O. The van der Waals surface area contributed by atoms with E-state index in [-0.39, 0.29) is 5.91 Å². The predicted molar refractivity (Wildman–Crippen MR) is 73.2 cm³/mol. The third-order valence-corrected chi connectivity index (χ3v) is 2.77. The van der Waals surface area contributed by atoms with Crippen LogP contribution in [0.1, 0.15) is 6.92 Å². The Hall–Kier alpha value is -2.69. The molecule has 0 saturated carbocycles. The molecule has 0 saturated heterocycles. The number of imidazole rings is 1.